The quantitative estimate of drug-likeness (QED) is 0.446. The Morgan fingerprint density at radius 2 is 1.66 bits per heavy atom. The lowest BCUT2D eigenvalue weighted by Crippen LogP contribution is -2.36. The van der Waals surface area contributed by atoms with Crippen molar-refractivity contribution in [1.82, 2.24) is 0 Å². The Balaban J connectivity index is 1.45. The third-order valence-corrected chi connectivity index (χ3v) is 5.79. The fourth-order valence-electron chi connectivity index (χ4n) is 3.71. The minimum Gasteiger partial charge on any atom is -0.490 e. The van der Waals surface area contributed by atoms with Crippen LogP contribution < -0.4 is 19.7 Å². The van der Waals surface area contributed by atoms with E-state index in [1.54, 1.807) is 0 Å². The number of halogens is 1. The third-order valence-electron chi connectivity index (χ3n) is 5.42. The minimum atomic E-state index is 0.380. The SMILES string of the molecule is CCOc1cccc(CNc2ccc(N3CCOCC3)cc2)c1OCc1ccccc1Cl. The molecule has 168 valence electrons. The summed E-state index contributed by atoms with van der Waals surface area (Å²) in [7, 11) is 0. The van der Waals surface area contributed by atoms with Crippen LogP contribution in [0.1, 0.15) is 18.1 Å². The van der Waals surface area contributed by atoms with Crippen LogP contribution in [0.25, 0.3) is 0 Å². The fourth-order valence-corrected chi connectivity index (χ4v) is 3.90. The summed E-state index contributed by atoms with van der Waals surface area (Å²) in [6.45, 7) is 6.98. The van der Waals surface area contributed by atoms with Crippen molar-refractivity contribution in [3.8, 4) is 11.5 Å². The Morgan fingerprint density at radius 3 is 2.41 bits per heavy atom. The average Bonchev–Trinajstić information content (AvgIpc) is 2.84. The van der Waals surface area contributed by atoms with Crippen LogP contribution in [0, 0.1) is 0 Å². The first-order valence-corrected chi connectivity index (χ1v) is 11.4. The second-order valence-electron chi connectivity index (χ2n) is 7.56. The van der Waals surface area contributed by atoms with Crippen LogP contribution in [0.15, 0.2) is 66.7 Å². The maximum Gasteiger partial charge on any atom is 0.166 e. The van der Waals surface area contributed by atoms with Crippen LogP contribution in [-0.2, 0) is 17.9 Å². The molecule has 4 rings (SSSR count). The Kier molecular flexibility index (Phi) is 7.75. The molecule has 1 N–H and O–H groups in total. The van der Waals surface area contributed by atoms with Gasteiger partial charge < -0.3 is 24.4 Å². The molecule has 0 bridgehead atoms. The number of rotatable bonds is 9. The second-order valence-corrected chi connectivity index (χ2v) is 7.96. The number of nitrogens with zero attached hydrogens (tertiary/aromatic N) is 1. The molecule has 6 heteroatoms. The maximum absolute atomic E-state index is 6.31. The van der Waals surface area contributed by atoms with Crippen molar-refractivity contribution in [1.29, 1.82) is 0 Å². The smallest absolute Gasteiger partial charge is 0.166 e. The number of ether oxygens (including phenoxy) is 3. The van der Waals surface area contributed by atoms with Gasteiger partial charge in [-0.3, -0.25) is 0 Å². The van der Waals surface area contributed by atoms with Crippen LogP contribution >= 0.6 is 11.6 Å². The molecule has 3 aromatic rings. The standard InChI is InChI=1S/C26H29ClN2O3/c1-2-31-25-9-5-7-20(26(25)32-19-21-6-3-4-8-24(21)27)18-28-22-10-12-23(13-11-22)29-14-16-30-17-15-29/h3-13,28H,2,14-19H2,1H3. The summed E-state index contributed by atoms with van der Waals surface area (Å²) in [6.07, 6.45) is 0. The van der Waals surface area contributed by atoms with Crippen LogP contribution in [0.2, 0.25) is 5.02 Å². The highest BCUT2D eigenvalue weighted by molar-refractivity contribution is 6.31. The van der Waals surface area contributed by atoms with E-state index in [4.69, 9.17) is 25.8 Å². The van der Waals surface area contributed by atoms with Crippen molar-refractivity contribution >= 4 is 23.0 Å². The van der Waals surface area contributed by atoms with Gasteiger partial charge >= 0.3 is 0 Å². The van der Waals surface area contributed by atoms with E-state index in [-0.39, 0.29) is 0 Å². The van der Waals surface area contributed by atoms with Gasteiger partial charge in [-0.2, -0.15) is 0 Å². The van der Waals surface area contributed by atoms with E-state index in [1.165, 1.54) is 5.69 Å². The summed E-state index contributed by atoms with van der Waals surface area (Å²) in [4.78, 5) is 2.35. The molecule has 3 aromatic carbocycles. The first-order chi connectivity index (χ1) is 15.7. The van der Waals surface area contributed by atoms with E-state index in [0.717, 1.165) is 54.6 Å². The number of nitrogens with one attached hydrogen (secondary N) is 1. The Hall–Kier alpha value is -2.89. The summed E-state index contributed by atoms with van der Waals surface area (Å²) in [5.41, 5.74) is 4.25. The highest BCUT2D eigenvalue weighted by Crippen LogP contribution is 2.33. The zero-order chi connectivity index (χ0) is 22.2. The first kappa shape index (κ1) is 22.3. The van der Waals surface area contributed by atoms with Gasteiger partial charge in [-0.15, -0.1) is 0 Å². The number of morpholine rings is 1. The zero-order valence-electron chi connectivity index (χ0n) is 18.4. The van der Waals surface area contributed by atoms with Gasteiger partial charge in [0.05, 0.1) is 19.8 Å². The highest BCUT2D eigenvalue weighted by atomic mass is 35.5. The van der Waals surface area contributed by atoms with Gasteiger partial charge in [0, 0.05) is 47.2 Å². The van der Waals surface area contributed by atoms with Crippen molar-refractivity contribution in [3.05, 3.63) is 82.9 Å². The first-order valence-electron chi connectivity index (χ1n) is 11.0. The average molecular weight is 453 g/mol. The molecule has 1 saturated heterocycles. The van der Waals surface area contributed by atoms with E-state index in [0.29, 0.717) is 24.8 Å². The lowest BCUT2D eigenvalue weighted by Gasteiger charge is -2.29. The lowest BCUT2D eigenvalue weighted by molar-refractivity contribution is 0.122. The molecule has 1 aliphatic rings. The molecule has 1 fully saturated rings. The predicted octanol–water partition coefficient (Wildman–Crippen LogP) is 5.77. The summed E-state index contributed by atoms with van der Waals surface area (Å²) < 4.78 is 17.5. The topological polar surface area (TPSA) is 43.0 Å². The monoisotopic (exact) mass is 452 g/mol. The van der Waals surface area contributed by atoms with E-state index >= 15 is 0 Å². The van der Waals surface area contributed by atoms with Crippen molar-refractivity contribution in [3.63, 3.8) is 0 Å². The molecule has 1 heterocycles. The molecule has 0 amide bonds. The molecular weight excluding hydrogens is 424 g/mol. The minimum absolute atomic E-state index is 0.380. The number of hydrogen-bond acceptors (Lipinski definition) is 5. The number of para-hydroxylation sites is 1. The summed E-state index contributed by atoms with van der Waals surface area (Å²) in [5, 5.41) is 4.20. The number of anilines is 2. The fraction of sp³-hybridized carbons (Fsp3) is 0.308. The zero-order valence-corrected chi connectivity index (χ0v) is 19.1. The molecule has 0 spiro atoms. The van der Waals surface area contributed by atoms with Crippen molar-refractivity contribution < 1.29 is 14.2 Å². The number of hydrogen-bond donors (Lipinski definition) is 1. The molecule has 0 atom stereocenters. The van der Waals surface area contributed by atoms with Crippen LogP contribution in [0.5, 0.6) is 11.5 Å². The van der Waals surface area contributed by atoms with Crippen LogP contribution in [-0.4, -0.2) is 32.9 Å². The van der Waals surface area contributed by atoms with Crippen molar-refractivity contribution in [2.45, 2.75) is 20.1 Å². The Morgan fingerprint density at radius 1 is 0.906 bits per heavy atom. The molecular formula is C26H29ClN2O3. The van der Waals surface area contributed by atoms with Gasteiger partial charge in [0.2, 0.25) is 0 Å². The van der Waals surface area contributed by atoms with E-state index < -0.39 is 0 Å². The van der Waals surface area contributed by atoms with Gasteiger partial charge in [-0.05, 0) is 43.3 Å². The molecule has 0 radical (unpaired) electrons. The van der Waals surface area contributed by atoms with Gasteiger partial charge in [0.15, 0.2) is 11.5 Å². The van der Waals surface area contributed by atoms with Crippen molar-refractivity contribution in [2.75, 3.05) is 43.1 Å². The molecule has 0 unspecified atom stereocenters. The normalized spacial score (nSPS) is 13.6. The molecule has 32 heavy (non-hydrogen) atoms. The Labute approximate surface area is 194 Å². The highest BCUT2D eigenvalue weighted by Gasteiger charge is 2.13. The van der Waals surface area contributed by atoms with Crippen LogP contribution in [0.4, 0.5) is 11.4 Å². The molecule has 0 saturated carbocycles. The van der Waals surface area contributed by atoms with Crippen molar-refractivity contribution in [2.24, 2.45) is 0 Å². The molecule has 0 aromatic heterocycles. The summed E-state index contributed by atoms with van der Waals surface area (Å²) in [6, 6.07) is 22.2. The maximum atomic E-state index is 6.31. The van der Waals surface area contributed by atoms with E-state index in [2.05, 4.69) is 40.5 Å². The van der Waals surface area contributed by atoms with Gasteiger partial charge in [0.1, 0.15) is 6.61 Å². The lowest BCUT2D eigenvalue weighted by atomic mass is 10.1. The molecule has 5 nitrogen and oxygen atoms in total. The van der Waals surface area contributed by atoms with Gasteiger partial charge in [0.25, 0.3) is 0 Å². The predicted molar refractivity (Wildman–Crippen MR) is 130 cm³/mol. The summed E-state index contributed by atoms with van der Waals surface area (Å²) >= 11 is 6.31. The van der Waals surface area contributed by atoms with Gasteiger partial charge in [-0.25, -0.2) is 0 Å². The Bertz CT molecular complexity index is 1000. The third kappa shape index (κ3) is 5.67. The number of benzene rings is 3. The van der Waals surface area contributed by atoms with Crippen LogP contribution in [0.3, 0.4) is 0 Å². The molecule has 0 aliphatic carbocycles. The largest absolute Gasteiger partial charge is 0.490 e. The molecule has 1 aliphatic heterocycles. The van der Waals surface area contributed by atoms with Gasteiger partial charge in [-0.1, -0.05) is 41.9 Å². The second kappa shape index (κ2) is 11.1. The van der Waals surface area contributed by atoms with E-state index in [9.17, 15) is 0 Å². The summed E-state index contributed by atoms with van der Waals surface area (Å²) in [5.74, 6) is 1.48. The van der Waals surface area contributed by atoms with E-state index in [1.807, 2.05) is 43.3 Å².